The maximum Gasteiger partial charge on any atom is 0.264 e. The van der Waals surface area contributed by atoms with Crippen molar-refractivity contribution in [1.29, 1.82) is 0 Å². The summed E-state index contributed by atoms with van der Waals surface area (Å²) in [5, 5.41) is 3.21. The quantitative estimate of drug-likeness (QED) is 0.336. The molecule has 0 aromatic heterocycles. The Balaban J connectivity index is 2.05. The third kappa shape index (κ3) is 8.37. The van der Waals surface area contributed by atoms with Crippen molar-refractivity contribution in [2.24, 2.45) is 0 Å². The van der Waals surface area contributed by atoms with E-state index < -0.39 is 34.1 Å². The van der Waals surface area contributed by atoms with Crippen LogP contribution in [0.2, 0.25) is 5.02 Å². The summed E-state index contributed by atoms with van der Waals surface area (Å²) in [6.07, 6.45) is 0. The Kier molecular flexibility index (Phi) is 10.3. The Bertz CT molecular complexity index is 1470. The van der Waals surface area contributed by atoms with E-state index in [4.69, 9.17) is 21.1 Å². The molecule has 0 fully saturated rings. The van der Waals surface area contributed by atoms with Gasteiger partial charge in [-0.3, -0.25) is 13.9 Å². The maximum atomic E-state index is 14.0. The Morgan fingerprint density at radius 2 is 1.56 bits per heavy atom. The van der Waals surface area contributed by atoms with Gasteiger partial charge in [0.25, 0.3) is 10.0 Å². The fourth-order valence-corrected chi connectivity index (χ4v) is 5.65. The van der Waals surface area contributed by atoms with Gasteiger partial charge in [-0.2, -0.15) is 0 Å². The van der Waals surface area contributed by atoms with Crippen LogP contribution in [0.4, 0.5) is 5.69 Å². The van der Waals surface area contributed by atoms with E-state index in [1.165, 1.54) is 49.5 Å². The third-order valence-electron chi connectivity index (χ3n) is 6.18. The van der Waals surface area contributed by atoms with Crippen LogP contribution in [0.5, 0.6) is 11.5 Å². The lowest BCUT2D eigenvalue weighted by Gasteiger charge is -2.33. The topological polar surface area (TPSA) is 105 Å². The summed E-state index contributed by atoms with van der Waals surface area (Å²) < 4.78 is 39.3. The molecule has 0 heterocycles. The summed E-state index contributed by atoms with van der Waals surface area (Å²) in [7, 11) is -1.22. The van der Waals surface area contributed by atoms with Crippen molar-refractivity contribution >= 4 is 39.1 Å². The predicted octanol–water partition coefficient (Wildman–Crippen LogP) is 4.88. The number of nitrogens with zero attached hydrogens (tertiary/aromatic N) is 2. The third-order valence-corrected chi connectivity index (χ3v) is 8.20. The van der Waals surface area contributed by atoms with Crippen LogP contribution in [0.25, 0.3) is 0 Å². The SMILES string of the molecule is COc1ccc(S(=O)(=O)N(CC(=O)N(Cc2cccc(OC)c2)[C@@H](C)C(=O)NC(C)(C)C)c2cccc(Cl)c2)cc1. The van der Waals surface area contributed by atoms with Crippen LogP contribution in [0.3, 0.4) is 0 Å². The lowest BCUT2D eigenvalue weighted by molar-refractivity contribution is -0.140. The molecular weight excluding hydrogens is 566 g/mol. The second kappa shape index (κ2) is 13.3. The fourth-order valence-electron chi connectivity index (χ4n) is 4.06. The number of nitrogens with one attached hydrogen (secondary N) is 1. The number of carbonyl (C=O) groups is 2. The second-order valence-corrected chi connectivity index (χ2v) is 12.8. The van der Waals surface area contributed by atoms with Gasteiger partial charge in [-0.25, -0.2) is 8.42 Å². The Morgan fingerprint density at radius 1 is 0.927 bits per heavy atom. The van der Waals surface area contributed by atoms with E-state index >= 15 is 0 Å². The molecule has 0 radical (unpaired) electrons. The maximum absolute atomic E-state index is 14.0. The molecule has 2 amide bonds. The first-order valence-corrected chi connectivity index (χ1v) is 14.7. The minimum absolute atomic E-state index is 0.0380. The van der Waals surface area contributed by atoms with E-state index in [1.807, 2.05) is 20.8 Å². The van der Waals surface area contributed by atoms with E-state index in [-0.39, 0.29) is 23.0 Å². The minimum Gasteiger partial charge on any atom is -0.497 e. The van der Waals surface area contributed by atoms with Gasteiger partial charge in [-0.15, -0.1) is 0 Å². The summed E-state index contributed by atoms with van der Waals surface area (Å²) >= 11 is 6.21. The molecule has 0 bridgehead atoms. The van der Waals surface area contributed by atoms with E-state index in [0.717, 1.165) is 4.31 Å². The molecule has 1 N–H and O–H groups in total. The molecule has 0 spiro atoms. The van der Waals surface area contributed by atoms with Crippen molar-refractivity contribution in [3.8, 4) is 11.5 Å². The van der Waals surface area contributed by atoms with Crippen LogP contribution in [0.15, 0.2) is 77.7 Å². The number of halogens is 1. The highest BCUT2D eigenvalue weighted by Gasteiger charge is 2.33. The molecule has 0 aliphatic rings. The summed E-state index contributed by atoms with van der Waals surface area (Å²) in [5.41, 5.74) is 0.371. The van der Waals surface area contributed by atoms with Crippen molar-refractivity contribution in [3.05, 3.63) is 83.4 Å². The molecule has 0 unspecified atom stereocenters. The molecular formula is C30H36ClN3O6S. The van der Waals surface area contributed by atoms with Crippen molar-refractivity contribution in [1.82, 2.24) is 10.2 Å². The van der Waals surface area contributed by atoms with E-state index in [2.05, 4.69) is 5.32 Å². The highest BCUT2D eigenvalue weighted by Crippen LogP contribution is 2.28. The van der Waals surface area contributed by atoms with E-state index in [9.17, 15) is 18.0 Å². The van der Waals surface area contributed by atoms with Gasteiger partial charge in [0, 0.05) is 17.1 Å². The summed E-state index contributed by atoms with van der Waals surface area (Å²) in [4.78, 5) is 28.5. The molecule has 0 saturated carbocycles. The molecule has 3 aromatic rings. The predicted molar refractivity (Wildman–Crippen MR) is 160 cm³/mol. The largest absolute Gasteiger partial charge is 0.497 e. The van der Waals surface area contributed by atoms with Crippen molar-refractivity contribution in [3.63, 3.8) is 0 Å². The van der Waals surface area contributed by atoms with Crippen LogP contribution in [-0.4, -0.2) is 57.5 Å². The number of methoxy groups -OCH3 is 2. The number of sulfonamides is 1. The van der Waals surface area contributed by atoms with Gasteiger partial charge in [0.05, 0.1) is 24.8 Å². The first-order chi connectivity index (χ1) is 19.2. The van der Waals surface area contributed by atoms with Crippen LogP contribution >= 0.6 is 11.6 Å². The van der Waals surface area contributed by atoms with Crippen LogP contribution in [-0.2, 0) is 26.2 Å². The van der Waals surface area contributed by atoms with Gasteiger partial charge in [0.1, 0.15) is 24.1 Å². The highest BCUT2D eigenvalue weighted by atomic mass is 35.5. The number of benzene rings is 3. The Labute approximate surface area is 247 Å². The van der Waals surface area contributed by atoms with Crippen LogP contribution in [0.1, 0.15) is 33.3 Å². The van der Waals surface area contributed by atoms with Crippen molar-refractivity contribution in [2.45, 2.75) is 50.7 Å². The second-order valence-electron chi connectivity index (χ2n) is 10.5. The molecule has 41 heavy (non-hydrogen) atoms. The first-order valence-electron chi connectivity index (χ1n) is 12.9. The van der Waals surface area contributed by atoms with Crippen molar-refractivity contribution in [2.75, 3.05) is 25.1 Å². The minimum atomic E-state index is -4.23. The molecule has 1 atom stereocenters. The summed E-state index contributed by atoms with van der Waals surface area (Å²) in [6, 6.07) is 18.3. The van der Waals surface area contributed by atoms with Crippen molar-refractivity contribution < 1.29 is 27.5 Å². The molecule has 11 heteroatoms. The van der Waals surface area contributed by atoms with Gasteiger partial charge < -0.3 is 19.7 Å². The zero-order chi connectivity index (χ0) is 30.4. The fraction of sp³-hybridized carbons (Fsp3) is 0.333. The monoisotopic (exact) mass is 601 g/mol. The van der Waals surface area contributed by atoms with Gasteiger partial charge >= 0.3 is 0 Å². The number of hydrogen-bond acceptors (Lipinski definition) is 6. The first kappa shape index (κ1) is 31.8. The van der Waals surface area contributed by atoms with Crippen LogP contribution in [0, 0.1) is 0 Å². The molecule has 3 rings (SSSR count). The van der Waals surface area contributed by atoms with Gasteiger partial charge in [-0.1, -0.05) is 29.8 Å². The lowest BCUT2D eigenvalue weighted by Crippen LogP contribution is -2.54. The van der Waals surface area contributed by atoms with Crippen LogP contribution < -0.4 is 19.1 Å². The van der Waals surface area contributed by atoms with Gasteiger partial charge in [-0.05, 0) is 87.9 Å². The number of rotatable bonds is 11. The lowest BCUT2D eigenvalue weighted by atomic mass is 10.1. The van der Waals surface area contributed by atoms with Gasteiger partial charge in [0.15, 0.2) is 0 Å². The smallest absolute Gasteiger partial charge is 0.264 e. The Morgan fingerprint density at radius 3 is 2.15 bits per heavy atom. The molecule has 3 aromatic carbocycles. The molecule has 0 saturated heterocycles. The number of hydrogen-bond donors (Lipinski definition) is 1. The Hall–Kier alpha value is -3.76. The number of amides is 2. The average Bonchev–Trinajstić information content (AvgIpc) is 2.93. The highest BCUT2D eigenvalue weighted by molar-refractivity contribution is 7.92. The standard InChI is InChI=1S/C30H36ClN3O6S/c1-21(29(36)32-30(2,3)4)33(19-22-9-7-12-26(17-22)40-6)28(35)20-34(24-11-8-10-23(31)18-24)41(37,38)27-15-13-25(39-5)14-16-27/h7-18,21H,19-20H2,1-6H3,(H,32,36)/t21-/m0/s1. The summed E-state index contributed by atoms with van der Waals surface area (Å²) in [5.74, 6) is 0.115. The normalized spacial score (nSPS) is 12.3. The molecule has 220 valence electrons. The zero-order valence-electron chi connectivity index (χ0n) is 24.0. The van der Waals surface area contributed by atoms with E-state index in [1.54, 1.807) is 49.4 Å². The number of ether oxygens (including phenoxy) is 2. The summed E-state index contributed by atoms with van der Waals surface area (Å²) in [6.45, 7) is 6.60. The molecule has 0 aliphatic carbocycles. The zero-order valence-corrected chi connectivity index (χ0v) is 25.6. The van der Waals surface area contributed by atoms with E-state index in [0.29, 0.717) is 22.1 Å². The number of carbonyl (C=O) groups excluding carboxylic acids is 2. The molecule has 9 nitrogen and oxygen atoms in total. The van der Waals surface area contributed by atoms with Gasteiger partial charge in [0.2, 0.25) is 11.8 Å². The molecule has 0 aliphatic heterocycles. The number of anilines is 1. The average molecular weight is 602 g/mol.